The van der Waals surface area contributed by atoms with Crippen molar-refractivity contribution < 1.29 is 23.4 Å². The molecule has 0 saturated heterocycles. The van der Waals surface area contributed by atoms with Crippen LogP contribution in [0, 0.1) is 17.2 Å². The minimum absolute atomic E-state index is 0.200. The summed E-state index contributed by atoms with van der Waals surface area (Å²) in [6.07, 6.45) is -0.555. The van der Waals surface area contributed by atoms with Crippen molar-refractivity contribution in [2.75, 3.05) is 19.4 Å². The van der Waals surface area contributed by atoms with Crippen molar-refractivity contribution in [3.05, 3.63) is 0 Å². The summed E-state index contributed by atoms with van der Waals surface area (Å²) in [6, 6.07) is 1.86. The molecule has 0 radical (unpaired) electrons. The van der Waals surface area contributed by atoms with E-state index in [0.29, 0.717) is 31.5 Å². The van der Waals surface area contributed by atoms with E-state index in [1.165, 1.54) is 0 Å². The van der Waals surface area contributed by atoms with E-state index < -0.39 is 20.3 Å². The highest BCUT2D eigenvalue weighted by Crippen LogP contribution is 2.25. The van der Waals surface area contributed by atoms with Crippen molar-refractivity contribution in [1.82, 2.24) is 0 Å². The molecule has 0 bridgehead atoms. The van der Waals surface area contributed by atoms with E-state index in [0.717, 1.165) is 0 Å². The van der Waals surface area contributed by atoms with Gasteiger partial charge in [-0.05, 0) is 23.8 Å². The Morgan fingerprint density at radius 2 is 2.11 bits per heavy atom. The number of carbonyl (C=O) groups is 1. The molecular formula is C12H21NO5P+. The molecule has 0 aromatic heterocycles. The van der Waals surface area contributed by atoms with Gasteiger partial charge in [0, 0.05) is 6.42 Å². The van der Waals surface area contributed by atoms with Crippen LogP contribution in [0.4, 0.5) is 4.79 Å². The number of hydrogen-bond acceptors (Lipinski definition) is 6. The lowest BCUT2D eigenvalue weighted by Gasteiger charge is -2.08. The van der Waals surface area contributed by atoms with Crippen LogP contribution in [0.5, 0.6) is 0 Å². The molecule has 0 amide bonds. The first-order valence-electron chi connectivity index (χ1n) is 6.30. The van der Waals surface area contributed by atoms with E-state index in [9.17, 15) is 9.36 Å². The molecule has 0 heterocycles. The third-order valence-corrected chi connectivity index (χ3v) is 3.12. The van der Waals surface area contributed by atoms with Gasteiger partial charge >= 0.3 is 14.2 Å². The largest absolute Gasteiger partial charge is 0.509 e. The Balaban J connectivity index is 3.81. The minimum Gasteiger partial charge on any atom is -0.435 e. The van der Waals surface area contributed by atoms with E-state index in [1.54, 1.807) is 6.92 Å². The molecule has 2 atom stereocenters. The average molecular weight is 290 g/mol. The Hall–Kier alpha value is -1.18. The lowest BCUT2D eigenvalue weighted by molar-refractivity contribution is 0.0402. The normalized spacial score (nSPS) is 12.7. The van der Waals surface area contributed by atoms with Gasteiger partial charge in [-0.2, -0.15) is 5.26 Å². The summed E-state index contributed by atoms with van der Waals surface area (Å²) in [7, 11) is -1.71. The molecule has 0 aliphatic heterocycles. The standard InChI is InChI=1S/C12H21NO5P/c1-4-16-12(14)18-11(8-13)6-5-7-19(15)17-9-10(2)3/h10-11H,4-7,9H2,1-3H3/q+1. The molecule has 0 aliphatic carbocycles. The molecular weight excluding hydrogens is 269 g/mol. The Bertz CT molecular complexity index is 327. The van der Waals surface area contributed by atoms with Gasteiger partial charge in [-0.3, -0.25) is 0 Å². The van der Waals surface area contributed by atoms with Crippen molar-refractivity contribution in [3.63, 3.8) is 0 Å². The molecule has 108 valence electrons. The fraction of sp³-hybridized carbons (Fsp3) is 0.833. The molecule has 6 nitrogen and oxygen atoms in total. The third kappa shape index (κ3) is 10.4. The number of nitriles is 1. The van der Waals surface area contributed by atoms with Gasteiger partial charge < -0.3 is 9.47 Å². The number of nitrogens with zero attached hydrogens (tertiary/aromatic N) is 1. The maximum Gasteiger partial charge on any atom is 0.509 e. The summed E-state index contributed by atoms with van der Waals surface area (Å²) in [5.41, 5.74) is 0. The predicted octanol–water partition coefficient (Wildman–Crippen LogP) is 3.25. The Morgan fingerprint density at radius 3 is 2.63 bits per heavy atom. The highest BCUT2D eigenvalue weighted by atomic mass is 31.1. The van der Waals surface area contributed by atoms with Crippen LogP contribution in [-0.2, 0) is 18.6 Å². The lowest BCUT2D eigenvalue weighted by Crippen LogP contribution is -2.17. The highest BCUT2D eigenvalue weighted by Gasteiger charge is 2.20. The average Bonchev–Trinajstić information content (AvgIpc) is 2.35. The van der Waals surface area contributed by atoms with Crippen LogP contribution in [0.15, 0.2) is 0 Å². The minimum atomic E-state index is -1.71. The first kappa shape index (κ1) is 17.8. The van der Waals surface area contributed by atoms with Crippen molar-refractivity contribution in [3.8, 4) is 6.07 Å². The second-order valence-corrected chi connectivity index (χ2v) is 5.68. The quantitative estimate of drug-likeness (QED) is 0.478. The summed E-state index contributed by atoms with van der Waals surface area (Å²) in [5, 5.41) is 8.80. The molecule has 0 saturated carbocycles. The summed E-state index contributed by atoms with van der Waals surface area (Å²) in [4.78, 5) is 11.0. The molecule has 0 spiro atoms. The van der Waals surface area contributed by atoms with E-state index in [-0.39, 0.29) is 6.61 Å². The van der Waals surface area contributed by atoms with Crippen molar-refractivity contribution in [2.45, 2.75) is 39.7 Å². The van der Waals surface area contributed by atoms with Gasteiger partial charge in [0.15, 0.2) is 12.3 Å². The maximum atomic E-state index is 11.5. The van der Waals surface area contributed by atoms with Crippen LogP contribution < -0.4 is 0 Å². The van der Waals surface area contributed by atoms with Crippen molar-refractivity contribution in [2.24, 2.45) is 5.92 Å². The smallest absolute Gasteiger partial charge is 0.435 e. The molecule has 0 aromatic rings. The zero-order valence-electron chi connectivity index (χ0n) is 11.6. The van der Waals surface area contributed by atoms with Crippen LogP contribution in [0.2, 0.25) is 0 Å². The van der Waals surface area contributed by atoms with Crippen molar-refractivity contribution >= 4 is 14.2 Å². The Labute approximate surface area is 114 Å². The zero-order chi connectivity index (χ0) is 14.7. The van der Waals surface area contributed by atoms with Crippen LogP contribution >= 0.6 is 8.03 Å². The molecule has 0 N–H and O–H groups in total. The molecule has 0 fully saturated rings. The highest BCUT2D eigenvalue weighted by molar-refractivity contribution is 7.39. The van der Waals surface area contributed by atoms with Crippen molar-refractivity contribution in [1.29, 1.82) is 5.26 Å². The van der Waals surface area contributed by atoms with E-state index in [4.69, 9.17) is 14.5 Å². The number of carbonyl (C=O) groups excluding carboxylic acids is 1. The second-order valence-electron chi connectivity index (χ2n) is 4.31. The van der Waals surface area contributed by atoms with E-state index >= 15 is 0 Å². The summed E-state index contributed by atoms with van der Waals surface area (Å²) < 4.78 is 25.9. The summed E-state index contributed by atoms with van der Waals surface area (Å²) >= 11 is 0. The Morgan fingerprint density at radius 1 is 1.42 bits per heavy atom. The summed E-state index contributed by atoms with van der Waals surface area (Å²) in [5.74, 6) is 0.331. The SMILES string of the molecule is CCOC(=O)OC(C#N)CCC[P+](=O)OCC(C)C. The predicted molar refractivity (Wildman–Crippen MR) is 70.0 cm³/mol. The molecule has 2 unspecified atom stereocenters. The van der Waals surface area contributed by atoms with Crippen LogP contribution in [-0.4, -0.2) is 31.6 Å². The van der Waals surface area contributed by atoms with Gasteiger partial charge in [0.2, 0.25) is 0 Å². The van der Waals surface area contributed by atoms with Gasteiger partial charge in [-0.15, -0.1) is 4.52 Å². The third-order valence-electron chi connectivity index (χ3n) is 2.00. The number of ether oxygens (including phenoxy) is 2. The molecule has 0 aromatic carbocycles. The molecule has 0 aliphatic rings. The second kappa shape index (κ2) is 10.7. The molecule has 19 heavy (non-hydrogen) atoms. The van der Waals surface area contributed by atoms with E-state index in [2.05, 4.69) is 4.74 Å². The number of rotatable bonds is 9. The first-order chi connectivity index (χ1) is 8.99. The molecule has 0 rings (SSSR count). The fourth-order valence-corrected chi connectivity index (χ4v) is 2.15. The zero-order valence-corrected chi connectivity index (χ0v) is 12.5. The first-order valence-corrected chi connectivity index (χ1v) is 7.66. The maximum absolute atomic E-state index is 11.5. The van der Waals surface area contributed by atoms with Gasteiger partial charge in [-0.1, -0.05) is 13.8 Å². The fourth-order valence-electron chi connectivity index (χ4n) is 1.12. The lowest BCUT2D eigenvalue weighted by atomic mass is 10.2. The van der Waals surface area contributed by atoms with Crippen LogP contribution in [0.3, 0.4) is 0 Å². The van der Waals surface area contributed by atoms with Gasteiger partial charge in [0.05, 0.1) is 6.61 Å². The Kier molecular flexibility index (Phi) is 10.1. The molecule has 7 heteroatoms. The van der Waals surface area contributed by atoms with Gasteiger partial charge in [0.25, 0.3) is 0 Å². The summed E-state index contributed by atoms with van der Waals surface area (Å²) in [6.45, 7) is 6.26. The number of hydrogen-bond donors (Lipinski definition) is 0. The topological polar surface area (TPSA) is 85.6 Å². The monoisotopic (exact) mass is 290 g/mol. The van der Waals surface area contributed by atoms with E-state index in [1.807, 2.05) is 19.9 Å². The van der Waals surface area contributed by atoms with Crippen LogP contribution in [0.25, 0.3) is 0 Å². The van der Waals surface area contributed by atoms with Gasteiger partial charge in [-0.25, -0.2) is 4.79 Å². The van der Waals surface area contributed by atoms with Gasteiger partial charge in [0.1, 0.15) is 12.7 Å². The van der Waals surface area contributed by atoms with Crippen LogP contribution in [0.1, 0.15) is 33.6 Å².